The Hall–Kier alpha value is -2.90. The van der Waals surface area contributed by atoms with Gasteiger partial charge in [0, 0.05) is 5.82 Å². The van der Waals surface area contributed by atoms with E-state index in [-0.39, 0.29) is 23.5 Å². The first-order valence-electron chi connectivity index (χ1n) is 12.8. The van der Waals surface area contributed by atoms with Gasteiger partial charge >= 0.3 is 7.12 Å². The second-order valence-electron chi connectivity index (χ2n) is 11.4. The molecule has 2 aliphatic heterocycles. The first kappa shape index (κ1) is 23.5. The monoisotopic (exact) mass is 485 g/mol. The molecule has 0 radical (unpaired) electrons. The molecule has 2 fully saturated rings. The molecule has 2 aromatic rings. The molecule has 6 rings (SSSR count). The third-order valence-corrected chi connectivity index (χ3v) is 8.97. The van der Waals surface area contributed by atoms with E-state index in [0.717, 1.165) is 29.7 Å². The molecular weight excluding hydrogens is 453 g/mol. The van der Waals surface area contributed by atoms with Crippen LogP contribution in [-0.2, 0) is 25.3 Å². The van der Waals surface area contributed by atoms with Gasteiger partial charge in [0.25, 0.3) is 0 Å². The maximum Gasteiger partial charge on any atom is 0.466 e. The second-order valence-corrected chi connectivity index (χ2v) is 11.4. The van der Waals surface area contributed by atoms with Gasteiger partial charge in [-0.3, -0.25) is 14.5 Å². The molecule has 2 aromatic carbocycles. The highest BCUT2D eigenvalue weighted by Crippen LogP contribution is 2.56. The Morgan fingerprint density at radius 1 is 0.944 bits per heavy atom. The third kappa shape index (κ3) is 3.32. The summed E-state index contributed by atoms with van der Waals surface area (Å²) in [5.41, 5.74) is 3.01. The zero-order chi connectivity index (χ0) is 25.4. The number of fused-ring (bicyclic) bond motifs is 5. The topological polar surface area (TPSA) is 65.1 Å². The fourth-order valence-corrected chi connectivity index (χ4v) is 6.41. The Kier molecular flexibility index (Phi) is 5.26. The number of amides is 2. The molecule has 0 saturated carbocycles. The number of allylic oxidation sites excluding steroid dienone is 2. The first-order chi connectivity index (χ1) is 17.1. The standard InChI is InChI=1S/C29H32BNO5/c1-28(2)29(3,4)36-30(35-28)23-16-22-20-14-12-19(34-5)15-17(20)11-13-21(22)24-25(23)27(33)31(26(24)32)18-9-7-6-8-10-18/h6-10,12,14-16,21,23-25H,11,13H2,1-5H3/t21-,23+,24-,25+/m1/s1. The molecule has 2 saturated heterocycles. The molecule has 4 atom stereocenters. The van der Waals surface area contributed by atoms with E-state index in [1.54, 1.807) is 7.11 Å². The smallest absolute Gasteiger partial charge is 0.466 e. The number of methoxy groups -OCH3 is 1. The lowest BCUT2D eigenvalue weighted by molar-refractivity contribution is -0.122. The predicted molar refractivity (Wildman–Crippen MR) is 139 cm³/mol. The third-order valence-electron chi connectivity index (χ3n) is 8.97. The van der Waals surface area contributed by atoms with Gasteiger partial charge in [-0.05, 0) is 87.4 Å². The minimum atomic E-state index is -0.618. The Morgan fingerprint density at radius 3 is 2.28 bits per heavy atom. The number of hydrogen-bond donors (Lipinski definition) is 0. The molecule has 2 aliphatic carbocycles. The number of benzene rings is 2. The van der Waals surface area contributed by atoms with Crippen LogP contribution in [0.5, 0.6) is 5.75 Å². The van der Waals surface area contributed by atoms with E-state index in [0.29, 0.717) is 5.69 Å². The van der Waals surface area contributed by atoms with Gasteiger partial charge < -0.3 is 14.0 Å². The van der Waals surface area contributed by atoms with Crippen molar-refractivity contribution in [1.29, 1.82) is 0 Å². The molecule has 2 amide bonds. The Balaban J connectivity index is 1.48. The van der Waals surface area contributed by atoms with Crippen molar-refractivity contribution in [2.45, 2.75) is 57.6 Å². The van der Waals surface area contributed by atoms with Crippen LogP contribution in [0.15, 0.2) is 54.6 Å². The number of para-hydroxylation sites is 1. The quantitative estimate of drug-likeness (QED) is 0.456. The maximum atomic E-state index is 14.0. The molecule has 7 heteroatoms. The van der Waals surface area contributed by atoms with Gasteiger partial charge in [-0.15, -0.1) is 0 Å². The fourth-order valence-electron chi connectivity index (χ4n) is 6.41. The van der Waals surface area contributed by atoms with E-state index in [9.17, 15) is 9.59 Å². The van der Waals surface area contributed by atoms with Crippen LogP contribution in [-0.4, -0.2) is 37.2 Å². The fraction of sp³-hybridized carbons (Fsp3) is 0.448. The summed E-state index contributed by atoms with van der Waals surface area (Å²) in [4.78, 5) is 29.4. The van der Waals surface area contributed by atoms with Gasteiger partial charge in [-0.1, -0.05) is 30.3 Å². The number of hydrogen-bond acceptors (Lipinski definition) is 5. The number of nitrogens with zero attached hydrogens (tertiary/aromatic N) is 1. The summed E-state index contributed by atoms with van der Waals surface area (Å²) in [5.74, 6) is -0.832. The Labute approximate surface area is 212 Å². The summed E-state index contributed by atoms with van der Waals surface area (Å²) < 4.78 is 18.4. The van der Waals surface area contributed by atoms with Crippen molar-refractivity contribution in [1.82, 2.24) is 0 Å². The molecular formula is C29H32BNO5. The molecule has 6 nitrogen and oxygen atoms in total. The number of anilines is 1. The van der Waals surface area contributed by atoms with Crippen molar-refractivity contribution in [3.8, 4) is 5.75 Å². The van der Waals surface area contributed by atoms with Crippen LogP contribution in [0.1, 0.15) is 45.2 Å². The SMILES string of the molecule is COc1ccc2c(c1)CC[C@@H]1C2=C[C@H](B2OC(C)(C)C(C)(C)O2)[C@@H]2C(=O)N(c3ccccc3)C(=O)[C@@H]21. The van der Waals surface area contributed by atoms with Crippen LogP contribution in [0.25, 0.3) is 5.57 Å². The summed E-state index contributed by atoms with van der Waals surface area (Å²) in [6, 6.07) is 15.4. The van der Waals surface area contributed by atoms with Crippen LogP contribution in [0.2, 0.25) is 5.82 Å². The average Bonchev–Trinajstić information content (AvgIpc) is 3.25. The van der Waals surface area contributed by atoms with E-state index in [1.165, 1.54) is 10.5 Å². The molecule has 0 spiro atoms. The van der Waals surface area contributed by atoms with E-state index in [2.05, 4.69) is 18.2 Å². The molecule has 4 aliphatic rings. The number of carbonyl (C=O) groups is 2. The summed E-state index contributed by atoms with van der Waals surface area (Å²) in [6.45, 7) is 8.07. The normalized spacial score (nSPS) is 30.0. The van der Waals surface area contributed by atoms with E-state index < -0.39 is 30.2 Å². The van der Waals surface area contributed by atoms with Crippen molar-refractivity contribution >= 4 is 30.2 Å². The minimum absolute atomic E-state index is 0.0280. The van der Waals surface area contributed by atoms with E-state index in [4.69, 9.17) is 14.0 Å². The maximum absolute atomic E-state index is 14.0. The van der Waals surface area contributed by atoms with Crippen molar-refractivity contribution in [3.05, 3.63) is 65.7 Å². The molecule has 0 bridgehead atoms. The van der Waals surface area contributed by atoms with Crippen molar-refractivity contribution < 1.29 is 23.6 Å². The van der Waals surface area contributed by atoms with Gasteiger partial charge in [0.2, 0.25) is 11.8 Å². The van der Waals surface area contributed by atoms with E-state index >= 15 is 0 Å². The summed E-state index contributed by atoms with van der Waals surface area (Å²) >= 11 is 0. The highest BCUT2D eigenvalue weighted by atomic mass is 16.7. The first-order valence-corrected chi connectivity index (χ1v) is 12.8. The van der Waals surface area contributed by atoms with Gasteiger partial charge in [-0.2, -0.15) is 0 Å². The Bertz CT molecular complexity index is 1250. The number of rotatable bonds is 3. The summed E-state index contributed by atoms with van der Waals surface area (Å²) in [7, 11) is 1.06. The largest absolute Gasteiger partial charge is 0.497 e. The van der Waals surface area contributed by atoms with E-state index in [1.807, 2.05) is 64.1 Å². The molecule has 0 N–H and O–H groups in total. The zero-order valence-electron chi connectivity index (χ0n) is 21.5. The van der Waals surface area contributed by atoms with Crippen LogP contribution in [0, 0.1) is 17.8 Å². The van der Waals surface area contributed by atoms with Gasteiger partial charge in [-0.25, -0.2) is 0 Å². The zero-order valence-corrected chi connectivity index (χ0v) is 21.5. The highest BCUT2D eigenvalue weighted by molar-refractivity contribution is 6.50. The molecule has 2 heterocycles. The molecule has 0 aromatic heterocycles. The highest BCUT2D eigenvalue weighted by Gasteiger charge is 2.63. The predicted octanol–water partition coefficient (Wildman–Crippen LogP) is 4.92. The van der Waals surface area contributed by atoms with Crippen molar-refractivity contribution in [2.75, 3.05) is 12.0 Å². The molecule has 186 valence electrons. The lowest BCUT2D eigenvalue weighted by Gasteiger charge is -2.40. The van der Waals surface area contributed by atoms with Crippen LogP contribution >= 0.6 is 0 Å². The summed E-state index contributed by atoms with van der Waals surface area (Å²) in [5, 5.41) is 0. The minimum Gasteiger partial charge on any atom is -0.497 e. The Morgan fingerprint density at radius 2 is 1.61 bits per heavy atom. The number of imide groups is 1. The van der Waals surface area contributed by atoms with Crippen LogP contribution in [0.3, 0.4) is 0 Å². The van der Waals surface area contributed by atoms with Crippen LogP contribution < -0.4 is 9.64 Å². The lowest BCUT2D eigenvalue weighted by Crippen LogP contribution is -2.41. The average molecular weight is 485 g/mol. The lowest BCUT2D eigenvalue weighted by atomic mass is 9.53. The number of aryl methyl sites for hydroxylation is 1. The second kappa shape index (κ2) is 8.05. The summed E-state index contributed by atoms with van der Waals surface area (Å²) in [6.07, 6.45) is 3.83. The van der Waals surface area contributed by atoms with Crippen molar-refractivity contribution in [3.63, 3.8) is 0 Å². The van der Waals surface area contributed by atoms with Crippen molar-refractivity contribution in [2.24, 2.45) is 17.8 Å². The number of carbonyl (C=O) groups excluding carboxylic acids is 2. The molecule has 0 unspecified atom stereocenters. The number of ether oxygens (including phenoxy) is 1. The molecule has 36 heavy (non-hydrogen) atoms. The van der Waals surface area contributed by atoms with Gasteiger partial charge in [0.15, 0.2) is 0 Å². The van der Waals surface area contributed by atoms with Crippen LogP contribution in [0.4, 0.5) is 5.69 Å². The van der Waals surface area contributed by atoms with Gasteiger partial charge in [0.1, 0.15) is 5.75 Å². The van der Waals surface area contributed by atoms with Gasteiger partial charge in [0.05, 0.1) is 35.8 Å².